The minimum atomic E-state index is -0.206. The van der Waals surface area contributed by atoms with Crippen molar-refractivity contribution in [3.8, 4) is 0 Å². The number of likely N-dealkylation sites (tertiary alicyclic amines) is 1. The summed E-state index contributed by atoms with van der Waals surface area (Å²) in [6, 6.07) is 0.572. The number of ether oxygens (including phenoxy) is 1. The average molecular weight is 367 g/mol. The second-order valence-corrected chi connectivity index (χ2v) is 8.79. The molecular weight excluding hydrogens is 328 g/mol. The number of hydrogen-bond donors (Lipinski definition) is 1. The van der Waals surface area contributed by atoms with Gasteiger partial charge >= 0.3 is 6.09 Å². The van der Waals surface area contributed by atoms with Gasteiger partial charge in [-0.15, -0.1) is 0 Å². The summed E-state index contributed by atoms with van der Waals surface area (Å²) in [5.41, 5.74) is -0.138. The highest BCUT2D eigenvalue weighted by Gasteiger charge is 2.39. The minimum Gasteiger partial charge on any atom is -0.449 e. The summed E-state index contributed by atoms with van der Waals surface area (Å²) in [5, 5.41) is 3.30. The molecule has 26 heavy (non-hydrogen) atoms. The molecule has 0 spiro atoms. The van der Waals surface area contributed by atoms with E-state index in [9.17, 15) is 4.79 Å². The third kappa shape index (κ3) is 5.57. The van der Waals surface area contributed by atoms with Crippen LogP contribution in [0.25, 0.3) is 0 Å². The number of nitrogens with zero attached hydrogens (tertiary/aromatic N) is 3. The van der Waals surface area contributed by atoms with Crippen molar-refractivity contribution in [3.05, 3.63) is 0 Å². The van der Waals surface area contributed by atoms with E-state index in [1.54, 1.807) is 0 Å². The van der Waals surface area contributed by atoms with Crippen LogP contribution in [0.5, 0.6) is 0 Å². The third-order valence-corrected chi connectivity index (χ3v) is 6.44. The summed E-state index contributed by atoms with van der Waals surface area (Å²) in [7, 11) is 0. The molecule has 1 aliphatic carbocycles. The maximum atomic E-state index is 12.4. The van der Waals surface area contributed by atoms with Crippen molar-refractivity contribution >= 4 is 6.09 Å². The Morgan fingerprint density at radius 2 is 1.69 bits per heavy atom. The molecule has 150 valence electrons. The van der Waals surface area contributed by atoms with Crippen molar-refractivity contribution in [2.24, 2.45) is 5.92 Å². The molecule has 1 saturated carbocycles. The van der Waals surface area contributed by atoms with Gasteiger partial charge < -0.3 is 19.9 Å². The topological polar surface area (TPSA) is 48.1 Å². The van der Waals surface area contributed by atoms with Crippen LogP contribution < -0.4 is 5.32 Å². The fourth-order valence-corrected chi connectivity index (χ4v) is 4.21. The lowest BCUT2D eigenvalue weighted by atomic mass is 9.86. The molecule has 2 saturated heterocycles. The first-order valence-electron chi connectivity index (χ1n) is 10.6. The fourth-order valence-electron chi connectivity index (χ4n) is 4.21. The Balaban J connectivity index is 1.56. The van der Waals surface area contributed by atoms with Gasteiger partial charge in [0.15, 0.2) is 0 Å². The number of carbonyl (C=O) groups excluding carboxylic acids is 1. The molecule has 0 aromatic heterocycles. The van der Waals surface area contributed by atoms with E-state index in [0.717, 1.165) is 65.2 Å². The van der Waals surface area contributed by atoms with Gasteiger partial charge in [0.05, 0.1) is 12.1 Å². The maximum absolute atomic E-state index is 12.4. The first kappa shape index (κ1) is 19.9. The van der Waals surface area contributed by atoms with E-state index >= 15 is 0 Å². The van der Waals surface area contributed by atoms with Gasteiger partial charge in [-0.05, 0) is 52.0 Å². The van der Waals surface area contributed by atoms with Crippen molar-refractivity contribution in [2.75, 3.05) is 59.0 Å². The average Bonchev–Trinajstić information content (AvgIpc) is 3.45. The van der Waals surface area contributed by atoms with Crippen molar-refractivity contribution in [3.63, 3.8) is 0 Å². The Morgan fingerprint density at radius 1 is 1.08 bits per heavy atom. The molecule has 3 aliphatic rings. The summed E-state index contributed by atoms with van der Waals surface area (Å²) in [6.45, 7) is 16.0. The van der Waals surface area contributed by atoms with Crippen LogP contribution in [0, 0.1) is 5.92 Å². The number of rotatable bonds is 7. The molecule has 0 aromatic carbocycles. The standard InChI is InChI=1S/C20H38N4O2/c1-4-22-11-13-23(14-12-22)16-20(7-9-24(10-8-20)17(2)3)21-19(25)26-15-18-5-6-18/h17-18H,4-16H2,1-3H3,(H,21,25). The van der Waals surface area contributed by atoms with Crippen molar-refractivity contribution < 1.29 is 9.53 Å². The maximum Gasteiger partial charge on any atom is 0.407 e. The lowest BCUT2D eigenvalue weighted by Crippen LogP contribution is -2.63. The fraction of sp³-hybridized carbons (Fsp3) is 0.950. The van der Waals surface area contributed by atoms with Gasteiger partial charge in [-0.2, -0.15) is 0 Å². The van der Waals surface area contributed by atoms with Crippen LogP contribution >= 0.6 is 0 Å². The normalized spacial score (nSPS) is 25.4. The summed E-state index contributed by atoms with van der Waals surface area (Å²) >= 11 is 0. The number of likely N-dealkylation sites (N-methyl/N-ethyl adjacent to an activating group) is 1. The van der Waals surface area contributed by atoms with Gasteiger partial charge in [-0.25, -0.2) is 4.79 Å². The molecule has 6 nitrogen and oxygen atoms in total. The second-order valence-electron chi connectivity index (χ2n) is 8.79. The molecule has 0 aromatic rings. The number of alkyl carbamates (subject to hydrolysis) is 1. The Bertz CT molecular complexity index is 451. The highest BCUT2D eigenvalue weighted by molar-refractivity contribution is 5.68. The molecular formula is C20H38N4O2. The Morgan fingerprint density at radius 3 is 2.23 bits per heavy atom. The zero-order valence-electron chi connectivity index (χ0n) is 17.0. The van der Waals surface area contributed by atoms with E-state index in [1.807, 2.05) is 0 Å². The van der Waals surface area contributed by atoms with Gasteiger partial charge in [-0.3, -0.25) is 4.90 Å². The van der Waals surface area contributed by atoms with Gasteiger partial charge in [0.25, 0.3) is 0 Å². The summed E-state index contributed by atoms with van der Waals surface area (Å²) in [5.74, 6) is 0.613. The van der Waals surface area contributed by atoms with Gasteiger partial charge in [0, 0.05) is 51.9 Å². The predicted octanol–water partition coefficient (Wildman–Crippen LogP) is 2.00. The van der Waals surface area contributed by atoms with Gasteiger partial charge in [0.1, 0.15) is 0 Å². The molecule has 1 N–H and O–H groups in total. The molecule has 3 rings (SSSR count). The van der Waals surface area contributed by atoms with E-state index in [-0.39, 0.29) is 11.6 Å². The largest absolute Gasteiger partial charge is 0.449 e. The van der Waals surface area contributed by atoms with Crippen LogP contribution in [0.15, 0.2) is 0 Å². The number of piperazine rings is 1. The molecule has 0 bridgehead atoms. The lowest BCUT2D eigenvalue weighted by molar-refractivity contribution is 0.0506. The first-order valence-corrected chi connectivity index (χ1v) is 10.6. The number of carbonyl (C=O) groups is 1. The van der Waals surface area contributed by atoms with Crippen LogP contribution in [0.4, 0.5) is 4.79 Å². The number of hydrogen-bond acceptors (Lipinski definition) is 5. The van der Waals surface area contributed by atoms with Crippen molar-refractivity contribution in [1.82, 2.24) is 20.0 Å². The highest BCUT2D eigenvalue weighted by Crippen LogP contribution is 2.29. The van der Waals surface area contributed by atoms with Gasteiger partial charge in [0.2, 0.25) is 0 Å². The zero-order valence-corrected chi connectivity index (χ0v) is 17.0. The van der Waals surface area contributed by atoms with E-state index in [0.29, 0.717) is 18.6 Å². The van der Waals surface area contributed by atoms with Crippen LogP contribution in [-0.4, -0.2) is 91.3 Å². The summed E-state index contributed by atoms with van der Waals surface area (Å²) < 4.78 is 5.50. The van der Waals surface area contributed by atoms with E-state index < -0.39 is 0 Å². The summed E-state index contributed by atoms with van der Waals surface area (Å²) in [4.78, 5) is 20.0. The Labute approximate surface area is 159 Å². The number of piperidine rings is 1. The molecule has 3 fully saturated rings. The molecule has 1 amide bonds. The number of nitrogens with one attached hydrogen (secondary N) is 1. The van der Waals surface area contributed by atoms with Crippen LogP contribution in [0.2, 0.25) is 0 Å². The summed E-state index contributed by atoms with van der Waals surface area (Å²) in [6.07, 6.45) is 4.24. The zero-order chi connectivity index (χ0) is 18.6. The smallest absolute Gasteiger partial charge is 0.407 e. The molecule has 0 radical (unpaired) electrons. The van der Waals surface area contributed by atoms with Gasteiger partial charge in [-0.1, -0.05) is 6.92 Å². The first-order chi connectivity index (χ1) is 12.5. The van der Waals surface area contributed by atoms with Crippen LogP contribution in [0.1, 0.15) is 46.5 Å². The molecule has 6 heteroatoms. The molecule has 0 atom stereocenters. The molecule has 0 unspecified atom stereocenters. The van der Waals surface area contributed by atoms with Crippen molar-refractivity contribution in [2.45, 2.75) is 58.0 Å². The highest BCUT2D eigenvalue weighted by atomic mass is 16.5. The minimum absolute atomic E-state index is 0.138. The predicted molar refractivity (Wildman–Crippen MR) is 104 cm³/mol. The van der Waals surface area contributed by atoms with E-state index in [2.05, 4.69) is 40.8 Å². The molecule has 2 heterocycles. The lowest BCUT2D eigenvalue weighted by Gasteiger charge is -2.47. The Hall–Kier alpha value is -0.850. The Kier molecular flexibility index (Phi) is 6.81. The third-order valence-electron chi connectivity index (χ3n) is 6.44. The van der Waals surface area contributed by atoms with E-state index in [1.165, 1.54) is 12.8 Å². The van der Waals surface area contributed by atoms with Crippen LogP contribution in [-0.2, 0) is 4.74 Å². The van der Waals surface area contributed by atoms with E-state index in [4.69, 9.17) is 4.74 Å². The monoisotopic (exact) mass is 366 g/mol. The van der Waals surface area contributed by atoms with Crippen LogP contribution in [0.3, 0.4) is 0 Å². The molecule has 2 aliphatic heterocycles. The van der Waals surface area contributed by atoms with Crippen molar-refractivity contribution in [1.29, 1.82) is 0 Å². The number of amides is 1. The SMILES string of the molecule is CCN1CCN(CC2(NC(=O)OCC3CC3)CCN(C(C)C)CC2)CC1. The quantitative estimate of drug-likeness (QED) is 0.747. The second kappa shape index (κ2) is 8.89.